The van der Waals surface area contributed by atoms with Crippen molar-refractivity contribution in [1.29, 1.82) is 0 Å². The van der Waals surface area contributed by atoms with Gasteiger partial charge in [-0.25, -0.2) is 9.18 Å². The molecule has 3 aromatic rings. The van der Waals surface area contributed by atoms with Crippen molar-refractivity contribution in [3.05, 3.63) is 98.8 Å². The number of aryl methyl sites for hydroxylation is 1. The van der Waals surface area contributed by atoms with Crippen molar-refractivity contribution < 1.29 is 18.8 Å². The minimum absolute atomic E-state index is 0.0854. The number of ether oxygens (including phenoxy) is 1. The second-order valence-electron chi connectivity index (χ2n) is 6.23. The molecule has 0 heterocycles. The third-order valence-corrected chi connectivity index (χ3v) is 4.63. The van der Waals surface area contributed by atoms with Gasteiger partial charge in [0.25, 0.3) is 5.69 Å². The lowest BCUT2D eigenvalue weighted by Crippen LogP contribution is -2.33. The van der Waals surface area contributed by atoms with Crippen molar-refractivity contribution in [2.75, 3.05) is 4.90 Å². The van der Waals surface area contributed by atoms with Crippen LogP contribution in [0, 0.1) is 22.9 Å². The number of hydrogen-bond acceptors (Lipinski definition) is 4. The third-order valence-electron chi connectivity index (χ3n) is 4.23. The maximum absolute atomic E-state index is 14.2. The number of nitro groups is 1. The van der Waals surface area contributed by atoms with Crippen molar-refractivity contribution in [1.82, 2.24) is 0 Å². The maximum atomic E-state index is 14.2. The molecule has 0 aliphatic carbocycles. The molecule has 0 spiro atoms. The van der Waals surface area contributed by atoms with Gasteiger partial charge in [0.15, 0.2) is 0 Å². The number of hydrogen-bond donors (Lipinski definition) is 0. The highest BCUT2D eigenvalue weighted by atomic mass is 35.5. The van der Waals surface area contributed by atoms with Gasteiger partial charge in [-0.2, -0.15) is 0 Å². The smallest absolute Gasteiger partial charge is 0.410 e. The summed E-state index contributed by atoms with van der Waals surface area (Å²) in [5.41, 5.74) is 1.42. The first-order valence-corrected chi connectivity index (χ1v) is 8.96. The first-order valence-electron chi connectivity index (χ1n) is 8.58. The normalized spacial score (nSPS) is 10.4. The minimum Gasteiger partial charge on any atom is -0.410 e. The average molecular weight is 415 g/mol. The molecule has 1 amide bonds. The lowest BCUT2D eigenvalue weighted by molar-refractivity contribution is -0.384. The molecule has 0 bridgehead atoms. The highest BCUT2D eigenvalue weighted by Gasteiger charge is 2.21. The van der Waals surface area contributed by atoms with Crippen LogP contribution in [-0.4, -0.2) is 11.0 Å². The fourth-order valence-electron chi connectivity index (χ4n) is 2.60. The molecule has 0 aliphatic rings. The molecule has 0 aromatic heterocycles. The number of non-ortho nitro benzene ring substituents is 1. The van der Waals surface area contributed by atoms with E-state index in [-0.39, 0.29) is 18.0 Å². The van der Waals surface area contributed by atoms with Gasteiger partial charge in [-0.3, -0.25) is 15.0 Å². The monoisotopic (exact) mass is 414 g/mol. The van der Waals surface area contributed by atoms with Crippen LogP contribution in [0.25, 0.3) is 0 Å². The number of anilines is 1. The van der Waals surface area contributed by atoms with E-state index in [1.807, 2.05) is 6.92 Å². The summed E-state index contributed by atoms with van der Waals surface area (Å²) in [4.78, 5) is 24.3. The lowest BCUT2D eigenvalue weighted by Gasteiger charge is -2.23. The van der Waals surface area contributed by atoms with Crippen LogP contribution in [0.1, 0.15) is 11.1 Å². The summed E-state index contributed by atoms with van der Waals surface area (Å²) in [6.45, 7) is 1.74. The first-order chi connectivity index (χ1) is 13.8. The molecule has 29 heavy (non-hydrogen) atoms. The summed E-state index contributed by atoms with van der Waals surface area (Å²) in [6, 6.07) is 16.2. The van der Waals surface area contributed by atoms with Crippen LogP contribution in [0.15, 0.2) is 66.7 Å². The Kier molecular flexibility index (Phi) is 6.09. The minimum atomic E-state index is -0.776. The van der Waals surface area contributed by atoms with Gasteiger partial charge in [0, 0.05) is 28.4 Å². The molecule has 0 saturated heterocycles. The lowest BCUT2D eigenvalue weighted by atomic mass is 10.1. The van der Waals surface area contributed by atoms with Crippen LogP contribution >= 0.6 is 11.6 Å². The number of amides is 1. The highest BCUT2D eigenvalue weighted by molar-refractivity contribution is 6.31. The summed E-state index contributed by atoms with van der Waals surface area (Å²) >= 11 is 6.19. The van der Waals surface area contributed by atoms with Crippen LogP contribution in [0.3, 0.4) is 0 Å². The Morgan fingerprint density at radius 3 is 2.45 bits per heavy atom. The van der Waals surface area contributed by atoms with Gasteiger partial charge in [-0.15, -0.1) is 0 Å². The zero-order valence-corrected chi connectivity index (χ0v) is 16.1. The first kappa shape index (κ1) is 20.3. The van der Waals surface area contributed by atoms with Gasteiger partial charge in [0.2, 0.25) is 0 Å². The van der Waals surface area contributed by atoms with E-state index < -0.39 is 16.8 Å². The van der Waals surface area contributed by atoms with E-state index >= 15 is 0 Å². The van der Waals surface area contributed by atoms with Crippen LogP contribution in [0.4, 0.5) is 20.6 Å². The van der Waals surface area contributed by atoms with E-state index in [0.29, 0.717) is 16.3 Å². The van der Waals surface area contributed by atoms with Gasteiger partial charge in [-0.1, -0.05) is 35.9 Å². The van der Waals surface area contributed by atoms with Gasteiger partial charge >= 0.3 is 6.09 Å². The molecule has 3 aromatic carbocycles. The second-order valence-corrected chi connectivity index (χ2v) is 6.64. The number of carbonyl (C=O) groups excluding carboxylic acids is 1. The Morgan fingerprint density at radius 1 is 1.14 bits per heavy atom. The van der Waals surface area contributed by atoms with Crippen molar-refractivity contribution >= 4 is 29.1 Å². The summed E-state index contributed by atoms with van der Waals surface area (Å²) in [5.74, 6) is -0.337. The number of carbonyl (C=O) groups is 1. The zero-order valence-electron chi connectivity index (χ0n) is 15.3. The molecule has 8 heteroatoms. The SMILES string of the molecule is Cc1ccc(N(Cc2ccccc2F)C(=O)Oc2ccc([N+](=O)[O-])cc2)cc1Cl. The summed E-state index contributed by atoms with van der Waals surface area (Å²) in [7, 11) is 0. The maximum Gasteiger partial charge on any atom is 0.420 e. The number of nitro benzene ring substituents is 1. The predicted molar refractivity (Wildman–Crippen MR) is 108 cm³/mol. The number of halogens is 2. The van der Waals surface area contributed by atoms with Gasteiger partial charge < -0.3 is 4.74 Å². The molecular weight excluding hydrogens is 399 g/mol. The van der Waals surface area contributed by atoms with E-state index in [1.54, 1.807) is 36.4 Å². The largest absolute Gasteiger partial charge is 0.420 e. The molecule has 0 unspecified atom stereocenters. The van der Waals surface area contributed by atoms with Gasteiger partial charge in [0.1, 0.15) is 11.6 Å². The van der Waals surface area contributed by atoms with Crippen LogP contribution in [-0.2, 0) is 6.54 Å². The van der Waals surface area contributed by atoms with Gasteiger partial charge in [0.05, 0.1) is 11.5 Å². The van der Waals surface area contributed by atoms with Gasteiger partial charge in [-0.05, 0) is 42.8 Å². The fourth-order valence-corrected chi connectivity index (χ4v) is 2.77. The van der Waals surface area contributed by atoms with Crippen molar-refractivity contribution in [2.24, 2.45) is 0 Å². The molecule has 6 nitrogen and oxygen atoms in total. The predicted octanol–water partition coefficient (Wildman–Crippen LogP) is 5.90. The Hall–Kier alpha value is -3.45. The molecule has 0 radical (unpaired) electrons. The molecule has 0 aliphatic heterocycles. The zero-order chi connectivity index (χ0) is 21.0. The third kappa shape index (κ3) is 4.89. The summed E-state index contributed by atoms with van der Waals surface area (Å²) < 4.78 is 19.5. The number of nitrogens with zero attached hydrogens (tertiary/aromatic N) is 2. The van der Waals surface area contributed by atoms with Crippen LogP contribution in [0.2, 0.25) is 5.02 Å². The molecule has 0 saturated carbocycles. The molecular formula is C21H16ClFN2O4. The second kappa shape index (κ2) is 8.70. The van der Waals surface area contributed by atoms with Crippen LogP contribution < -0.4 is 9.64 Å². The fraction of sp³-hybridized carbons (Fsp3) is 0.0952. The average Bonchev–Trinajstić information content (AvgIpc) is 2.70. The Bertz CT molecular complexity index is 1060. The molecule has 3 rings (SSSR count). The molecule has 0 fully saturated rings. The van der Waals surface area contributed by atoms with E-state index in [0.717, 1.165) is 5.56 Å². The van der Waals surface area contributed by atoms with Crippen LogP contribution in [0.5, 0.6) is 5.75 Å². The molecule has 0 atom stereocenters. The van der Waals surface area contributed by atoms with Crippen molar-refractivity contribution in [3.63, 3.8) is 0 Å². The van der Waals surface area contributed by atoms with E-state index in [2.05, 4.69) is 0 Å². The van der Waals surface area contributed by atoms with Crippen molar-refractivity contribution in [3.8, 4) is 5.75 Å². The Morgan fingerprint density at radius 2 is 1.83 bits per heavy atom. The number of benzene rings is 3. The Balaban J connectivity index is 1.90. The van der Waals surface area contributed by atoms with E-state index in [4.69, 9.17) is 16.3 Å². The summed E-state index contributed by atoms with van der Waals surface area (Å²) in [6.07, 6.45) is -0.776. The van der Waals surface area contributed by atoms with Crippen molar-refractivity contribution in [2.45, 2.75) is 13.5 Å². The standard InChI is InChI=1S/C21H16ClFN2O4/c1-14-6-7-17(12-19(14)22)24(13-15-4-2-3-5-20(15)23)21(26)29-18-10-8-16(9-11-18)25(27)28/h2-12H,13H2,1H3. The van der Waals surface area contributed by atoms with E-state index in [9.17, 15) is 19.3 Å². The molecule has 148 valence electrons. The topological polar surface area (TPSA) is 72.7 Å². The summed E-state index contributed by atoms with van der Waals surface area (Å²) in [5, 5.41) is 11.2. The van der Waals surface area contributed by atoms with E-state index in [1.165, 1.54) is 35.2 Å². The quantitative estimate of drug-likeness (QED) is 0.384. The molecule has 0 N–H and O–H groups in total. The number of rotatable bonds is 5. The highest BCUT2D eigenvalue weighted by Crippen LogP contribution is 2.27. The Labute approximate surface area is 171 Å².